The number of aromatic nitrogens is 4. The molecule has 0 aliphatic carbocycles. The lowest BCUT2D eigenvalue weighted by Crippen LogP contribution is -2.36. The zero-order chi connectivity index (χ0) is 30.1. The Morgan fingerprint density at radius 2 is 1.85 bits per heavy atom. The summed E-state index contributed by atoms with van der Waals surface area (Å²) < 4.78 is 7.52. The molecule has 1 aliphatic heterocycles. The van der Waals surface area contributed by atoms with Crippen LogP contribution < -0.4 is 15.1 Å². The van der Waals surface area contributed by atoms with E-state index in [9.17, 15) is 9.59 Å². The monoisotopic (exact) mass is 563 g/mol. The second-order valence-electron chi connectivity index (χ2n) is 13.2. The SMILES string of the molecule is CCC(CCN(CC(C)(C)C)c1ccnc2c1CCN2C(=O)Nc1cn2cc(C)nc2nc1C)C(=O)OC(C)(C)C. The number of esters is 1. The zero-order valence-corrected chi connectivity index (χ0v) is 26.0. The van der Waals surface area contributed by atoms with Crippen molar-refractivity contribution in [3.05, 3.63) is 41.6 Å². The molecule has 0 saturated carbocycles. The van der Waals surface area contributed by atoms with E-state index in [1.807, 2.05) is 64.4 Å². The minimum atomic E-state index is -0.510. The topological polar surface area (TPSA) is 105 Å². The summed E-state index contributed by atoms with van der Waals surface area (Å²) in [6.45, 7) is 20.2. The third kappa shape index (κ3) is 7.34. The Hall–Kier alpha value is -3.69. The molecule has 0 radical (unpaired) electrons. The molecule has 4 rings (SSSR count). The number of aryl methyl sites for hydroxylation is 2. The maximum atomic E-state index is 13.5. The van der Waals surface area contributed by atoms with Gasteiger partial charge in [-0.1, -0.05) is 27.7 Å². The third-order valence-corrected chi connectivity index (χ3v) is 7.08. The summed E-state index contributed by atoms with van der Waals surface area (Å²) in [5.41, 5.74) is 3.82. The molecule has 41 heavy (non-hydrogen) atoms. The largest absolute Gasteiger partial charge is 0.460 e. The maximum Gasteiger partial charge on any atom is 0.327 e. The Balaban J connectivity index is 1.56. The van der Waals surface area contributed by atoms with Gasteiger partial charge in [0.1, 0.15) is 11.4 Å². The van der Waals surface area contributed by atoms with E-state index in [2.05, 4.69) is 45.9 Å². The number of fused-ring (bicyclic) bond motifs is 2. The van der Waals surface area contributed by atoms with Gasteiger partial charge >= 0.3 is 12.0 Å². The lowest BCUT2D eigenvalue weighted by atomic mass is 9.94. The highest BCUT2D eigenvalue weighted by Crippen LogP contribution is 2.36. The van der Waals surface area contributed by atoms with Crippen LogP contribution in [0.1, 0.15) is 78.3 Å². The molecule has 0 fully saturated rings. The van der Waals surface area contributed by atoms with E-state index < -0.39 is 5.60 Å². The molecule has 0 saturated heterocycles. The smallest absolute Gasteiger partial charge is 0.327 e. The molecule has 1 N–H and O–H groups in total. The van der Waals surface area contributed by atoms with Crippen molar-refractivity contribution < 1.29 is 14.3 Å². The van der Waals surface area contributed by atoms with Gasteiger partial charge in [-0.15, -0.1) is 0 Å². The van der Waals surface area contributed by atoms with E-state index in [1.54, 1.807) is 11.1 Å². The van der Waals surface area contributed by atoms with E-state index in [-0.39, 0.29) is 23.3 Å². The van der Waals surface area contributed by atoms with Gasteiger partial charge < -0.3 is 15.0 Å². The Bertz CT molecular complexity index is 1420. The first-order chi connectivity index (χ1) is 19.1. The van der Waals surface area contributed by atoms with Crippen molar-refractivity contribution in [3.8, 4) is 0 Å². The first-order valence-electron chi connectivity index (χ1n) is 14.5. The molecule has 1 atom stereocenters. The molecule has 3 aromatic rings. The summed E-state index contributed by atoms with van der Waals surface area (Å²) in [5.74, 6) is 0.949. The third-order valence-electron chi connectivity index (χ3n) is 7.08. The average Bonchev–Trinajstić information content (AvgIpc) is 3.44. The first kappa shape index (κ1) is 30.3. The molecular weight excluding hydrogens is 518 g/mol. The molecule has 0 aromatic carbocycles. The van der Waals surface area contributed by atoms with E-state index in [1.165, 1.54) is 0 Å². The van der Waals surface area contributed by atoms with Crippen LogP contribution in [0.25, 0.3) is 5.78 Å². The minimum Gasteiger partial charge on any atom is -0.460 e. The number of carbonyl (C=O) groups is 2. The predicted octanol–water partition coefficient (Wildman–Crippen LogP) is 5.95. The van der Waals surface area contributed by atoms with Gasteiger partial charge in [0, 0.05) is 49.5 Å². The summed E-state index contributed by atoms with van der Waals surface area (Å²) in [4.78, 5) is 44.0. The molecule has 222 valence electrons. The van der Waals surface area contributed by atoms with Crippen molar-refractivity contribution in [1.29, 1.82) is 0 Å². The summed E-state index contributed by atoms with van der Waals surface area (Å²) >= 11 is 0. The normalized spacial score (nSPS) is 14.2. The number of urea groups is 1. The number of nitrogens with zero attached hydrogens (tertiary/aromatic N) is 6. The van der Waals surface area contributed by atoms with E-state index in [0.29, 0.717) is 48.9 Å². The van der Waals surface area contributed by atoms with Crippen molar-refractivity contribution >= 4 is 35.0 Å². The van der Waals surface area contributed by atoms with Crippen LogP contribution in [-0.4, -0.2) is 56.6 Å². The van der Waals surface area contributed by atoms with Gasteiger partial charge in [-0.25, -0.2) is 19.7 Å². The number of rotatable bonds is 8. The molecule has 10 nitrogen and oxygen atoms in total. The Morgan fingerprint density at radius 1 is 1.12 bits per heavy atom. The number of pyridine rings is 1. The highest BCUT2D eigenvalue weighted by atomic mass is 16.6. The summed E-state index contributed by atoms with van der Waals surface area (Å²) in [6, 6.07) is 1.79. The van der Waals surface area contributed by atoms with Gasteiger partial charge in [0.15, 0.2) is 0 Å². The van der Waals surface area contributed by atoms with Crippen LogP contribution in [0.2, 0.25) is 0 Å². The number of carbonyl (C=O) groups excluding carboxylic acids is 2. The van der Waals surface area contributed by atoms with Crippen LogP contribution in [0.4, 0.5) is 22.0 Å². The molecule has 1 unspecified atom stereocenters. The second kappa shape index (κ2) is 11.7. The fourth-order valence-electron chi connectivity index (χ4n) is 5.24. The van der Waals surface area contributed by atoms with E-state index in [0.717, 1.165) is 29.9 Å². The predicted molar refractivity (Wildman–Crippen MR) is 163 cm³/mol. The van der Waals surface area contributed by atoms with Crippen molar-refractivity contribution in [2.75, 3.05) is 34.8 Å². The van der Waals surface area contributed by atoms with Gasteiger partial charge in [0.05, 0.1) is 23.0 Å². The van der Waals surface area contributed by atoms with Crippen molar-refractivity contribution in [2.45, 2.75) is 87.2 Å². The lowest BCUT2D eigenvalue weighted by molar-refractivity contribution is -0.160. The fraction of sp³-hybridized carbons (Fsp3) is 0.581. The lowest BCUT2D eigenvalue weighted by Gasteiger charge is -2.34. The van der Waals surface area contributed by atoms with Crippen LogP contribution in [0.5, 0.6) is 0 Å². The van der Waals surface area contributed by atoms with Crippen LogP contribution in [0.3, 0.4) is 0 Å². The Morgan fingerprint density at radius 3 is 2.51 bits per heavy atom. The van der Waals surface area contributed by atoms with Gasteiger partial charge in [-0.05, 0) is 65.4 Å². The molecular formula is C31H45N7O3. The van der Waals surface area contributed by atoms with E-state index in [4.69, 9.17) is 4.74 Å². The molecule has 10 heteroatoms. The molecule has 2 amide bonds. The highest BCUT2D eigenvalue weighted by Gasteiger charge is 2.32. The van der Waals surface area contributed by atoms with Gasteiger partial charge in [-0.3, -0.25) is 14.1 Å². The summed E-state index contributed by atoms with van der Waals surface area (Å²) in [6.07, 6.45) is 7.60. The number of ether oxygens (including phenoxy) is 1. The van der Waals surface area contributed by atoms with Crippen LogP contribution in [0.15, 0.2) is 24.7 Å². The number of hydrogen-bond acceptors (Lipinski definition) is 7. The fourth-order valence-corrected chi connectivity index (χ4v) is 5.24. The zero-order valence-electron chi connectivity index (χ0n) is 26.0. The highest BCUT2D eigenvalue weighted by molar-refractivity contribution is 6.03. The van der Waals surface area contributed by atoms with Gasteiger partial charge in [-0.2, -0.15) is 0 Å². The van der Waals surface area contributed by atoms with Crippen molar-refractivity contribution in [2.24, 2.45) is 11.3 Å². The molecule has 0 spiro atoms. The molecule has 3 aromatic heterocycles. The molecule has 4 heterocycles. The van der Waals surface area contributed by atoms with E-state index >= 15 is 0 Å². The van der Waals surface area contributed by atoms with Crippen molar-refractivity contribution in [3.63, 3.8) is 0 Å². The first-order valence-corrected chi connectivity index (χ1v) is 14.5. The van der Waals surface area contributed by atoms with Crippen LogP contribution in [0, 0.1) is 25.2 Å². The summed E-state index contributed by atoms with van der Waals surface area (Å²) in [5, 5.41) is 3.03. The Kier molecular flexibility index (Phi) is 8.61. The second-order valence-corrected chi connectivity index (χ2v) is 13.2. The number of anilines is 3. The van der Waals surface area contributed by atoms with Gasteiger partial charge in [0.25, 0.3) is 0 Å². The standard InChI is InChI=1S/C31H45N7O3/c1-10-22(27(39)41-31(7,8)9)12-15-36(19-30(4,5)6)25-11-14-32-26-23(25)13-16-38(26)29(40)35-24-18-37-17-20(2)33-28(37)34-21(24)3/h11,14,17-18,22H,10,12-13,15-16,19H2,1-9H3,(H,35,40). The molecule has 0 bridgehead atoms. The number of hydrogen-bond donors (Lipinski definition) is 1. The molecule has 1 aliphatic rings. The average molecular weight is 564 g/mol. The maximum absolute atomic E-state index is 13.5. The number of amides is 2. The van der Waals surface area contributed by atoms with Gasteiger partial charge in [0.2, 0.25) is 5.78 Å². The number of nitrogens with one attached hydrogen (secondary N) is 1. The Labute approximate surface area is 243 Å². The number of imidazole rings is 1. The van der Waals surface area contributed by atoms with Crippen molar-refractivity contribution in [1.82, 2.24) is 19.4 Å². The van der Waals surface area contributed by atoms with Crippen LogP contribution in [-0.2, 0) is 16.0 Å². The quantitative estimate of drug-likeness (QED) is 0.338. The van der Waals surface area contributed by atoms with Crippen LogP contribution >= 0.6 is 0 Å². The minimum absolute atomic E-state index is 0.0221. The summed E-state index contributed by atoms with van der Waals surface area (Å²) in [7, 11) is 0.